The lowest BCUT2D eigenvalue weighted by Crippen LogP contribution is -2.25. The summed E-state index contributed by atoms with van der Waals surface area (Å²) in [5, 5.41) is 37.9. The zero-order chi connectivity index (χ0) is 18.9. The molecule has 1 aromatic heterocycles. The van der Waals surface area contributed by atoms with Crippen molar-refractivity contribution in [2.24, 2.45) is 0 Å². The highest BCUT2D eigenvalue weighted by molar-refractivity contribution is 5.95. The first-order valence-corrected chi connectivity index (χ1v) is 7.11. The predicted octanol–water partition coefficient (Wildman–Crippen LogP) is 2.22. The quantitative estimate of drug-likeness (QED) is 0.476. The van der Waals surface area contributed by atoms with Crippen LogP contribution >= 0.6 is 0 Å². The van der Waals surface area contributed by atoms with Crippen molar-refractivity contribution in [1.29, 1.82) is 0 Å². The largest absolute Gasteiger partial charge is 0.506 e. The molecule has 11 nitrogen and oxygen atoms in total. The van der Waals surface area contributed by atoms with Gasteiger partial charge in [0.25, 0.3) is 5.69 Å². The lowest BCUT2D eigenvalue weighted by Gasteiger charge is -2.14. The van der Waals surface area contributed by atoms with Crippen LogP contribution in [0.25, 0.3) is 0 Å². The fraction of sp³-hybridized carbons (Fsp3) is 0.286. The fourth-order valence-corrected chi connectivity index (χ4v) is 2.38. The monoisotopic (exact) mass is 349 g/mol. The molecule has 25 heavy (non-hydrogen) atoms. The highest BCUT2D eigenvalue weighted by Crippen LogP contribution is 2.29. The van der Waals surface area contributed by atoms with E-state index in [4.69, 9.17) is 0 Å². The van der Waals surface area contributed by atoms with Gasteiger partial charge in [-0.15, -0.1) is 0 Å². The van der Waals surface area contributed by atoms with E-state index in [9.17, 15) is 30.1 Å². The van der Waals surface area contributed by atoms with Crippen molar-refractivity contribution in [3.05, 3.63) is 49.8 Å². The summed E-state index contributed by atoms with van der Waals surface area (Å²) in [7, 11) is 0. The number of aryl methyl sites for hydroxylation is 1. The normalized spacial score (nSPS) is 11.8. The maximum Gasteiger partial charge on any atom is 0.312 e. The molecule has 0 aliphatic heterocycles. The van der Waals surface area contributed by atoms with Gasteiger partial charge in [-0.05, 0) is 26.8 Å². The molecule has 0 aliphatic carbocycles. The molecule has 2 rings (SSSR count). The molecule has 11 heteroatoms. The van der Waals surface area contributed by atoms with E-state index in [1.165, 1.54) is 31.5 Å². The maximum absolute atomic E-state index is 12.3. The van der Waals surface area contributed by atoms with Gasteiger partial charge < -0.3 is 10.4 Å². The van der Waals surface area contributed by atoms with Crippen LogP contribution in [0.15, 0.2) is 18.2 Å². The van der Waals surface area contributed by atoms with Crippen LogP contribution in [0.4, 0.5) is 17.1 Å². The van der Waals surface area contributed by atoms with Gasteiger partial charge in [0.15, 0.2) is 0 Å². The number of nitro groups is 2. The highest BCUT2D eigenvalue weighted by Gasteiger charge is 2.27. The number of nitro benzene ring substituents is 1. The summed E-state index contributed by atoms with van der Waals surface area (Å²) in [6.45, 7) is 4.43. The average Bonchev–Trinajstić information content (AvgIpc) is 2.82. The molecule has 1 unspecified atom stereocenters. The third-order valence-electron chi connectivity index (χ3n) is 3.67. The molecule has 132 valence electrons. The van der Waals surface area contributed by atoms with Gasteiger partial charge in [-0.1, -0.05) is 0 Å². The van der Waals surface area contributed by atoms with Crippen LogP contribution in [0.1, 0.15) is 24.4 Å². The van der Waals surface area contributed by atoms with Crippen molar-refractivity contribution in [3.63, 3.8) is 0 Å². The maximum atomic E-state index is 12.3. The summed E-state index contributed by atoms with van der Waals surface area (Å²) < 4.78 is 1.21. The van der Waals surface area contributed by atoms with E-state index in [2.05, 4.69) is 10.4 Å². The zero-order valence-electron chi connectivity index (χ0n) is 13.6. The second-order valence-electron chi connectivity index (χ2n) is 5.34. The number of aromatic nitrogens is 2. The van der Waals surface area contributed by atoms with Crippen LogP contribution in [-0.2, 0) is 4.79 Å². The Morgan fingerprint density at radius 2 is 1.92 bits per heavy atom. The number of rotatable bonds is 5. The number of nitrogens with one attached hydrogen (secondary N) is 1. The second kappa shape index (κ2) is 6.55. The second-order valence-corrected chi connectivity index (χ2v) is 5.34. The number of benzene rings is 1. The number of anilines is 1. The summed E-state index contributed by atoms with van der Waals surface area (Å²) in [5.74, 6) is -1.06. The van der Waals surface area contributed by atoms with Crippen molar-refractivity contribution in [1.82, 2.24) is 9.78 Å². The van der Waals surface area contributed by atoms with Gasteiger partial charge in [-0.2, -0.15) is 5.10 Å². The standard InChI is InChI=1S/C14H15N5O6/c1-7-13(19(24)25)8(2)17(16-7)9(3)14(21)15-11-5-4-10(18(22)23)6-12(11)20/h4-6,9,20H,1-3H3,(H,15,21). The summed E-state index contributed by atoms with van der Waals surface area (Å²) in [6, 6.07) is 2.34. The minimum Gasteiger partial charge on any atom is -0.506 e. The van der Waals surface area contributed by atoms with E-state index in [0.29, 0.717) is 0 Å². The van der Waals surface area contributed by atoms with E-state index in [0.717, 1.165) is 12.1 Å². The van der Waals surface area contributed by atoms with E-state index >= 15 is 0 Å². The highest BCUT2D eigenvalue weighted by atomic mass is 16.6. The molecular formula is C14H15N5O6. The lowest BCUT2D eigenvalue weighted by atomic mass is 10.2. The summed E-state index contributed by atoms with van der Waals surface area (Å²) >= 11 is 0. The number of aromatic hydroxyl groups is 1. The first kappa shape index (κ1) is 17.8. The summed E-state index contributed by atoms with van der Waals surface area (Å²) in [4.78, 5) is 32.8. The molecular weight excluding hydrogens is 334 g/mol. The zero-order valence-corrected chi connectivity index (χ0v) is 13.6. The molecule has 2 aromatic rings. The summed E-state index contributed by atoms with van der Waals surface area (Å²) in [5.41, 5.74) is -0.104. The van der Waals surface area contributed by atoms with Crippen LogP contribution in [-0.4, -0.2) is 30.6 Å². The number of nitrogens with zero attached hydrogens (tertiary/aromatic N) is 4. The fourth-order valence-electron chi connectivity index (χ4n) is 2.38. The number of phenolic OH excluding ortho intramolecular Hbond substituents is 1. The Labute approximate surface area is 141 Å². The average molecular weight is 349 g/mol. The number of phenols is 1. The molecule has 2 N–H and O–H groups in total. The molecule has 1 heterocycles. The van der Waals surface area contributed by atoms with Crippen molar-refractivity contribution in [2.75, 3.05) is 5.32 Å². The Morgan fingerprint density at radius 1 is 1.28 bits per heavy atom. The van der Waals surface area contributed by atoms with E-state index in [-0.39, 0.29) is 28.5 Å². The van der Waals surface area contributed by atoms with Crippen LogP contribution in [0.2, 0.25) is 0 Å². The van der Waals surface area contributed by atoms with Gasteiger partial charge in [0, 0.05) is 6.07 Å². The summed E-state index contributed by atoms with van der Waals surface area (Å²) in [6.07, 6.45) is 0. The molecule has 0 spiro atoms. The van der Waals surface area contributed by atoms with Gasteiger partial charge in [0.2, 0.25) is 5.91 Å². The van der Waals surface area contributed by atoms with E-state index < -0.39 is 27.5 Å². The minimum absolute atomic E-state index is 0.0153. The van der Waals surface area contributed by atoms with Crippen LogP contribution in [0.5, 0.6) is 5.75 Å². The van der Waals surface area contributed by atoms with Gasteiger partial charge >= 0.3 is 5.69 Å². The topological polar surface area (TPSA) is 153 Å². The molecule has 0 aliphatic rings. The van der Waals surface area contributed by atoms with Gasteiger partial charge in [0.1, 0.15) is 23.2 Å². The SMILES string of the molecule is Cc1nn(C(C)C(=O)Nc2ccc([N+](=O)[O-])cc2O)c(C)c1[N+](=O)[O-]. The van der Waals surface area contributed by atoms with Gasteiger partial charge in [0.05, 0.1) is 21.6 Å². The molecule has 0 saturated carbocycles. The molecule has 0 bridgehead atoms. The van der Waals surface area contributed by atoms with Crippen molar-refractivity contribution in [2.45, 2.75) is 26.8 Å². The Hall–Kier alpha value is -3.50. The molecule has 0 fully saturated rings. The number of carbonyl (C=O) groups is 1. The number of amides is 1. The number of non-ortho nitro benzene ring substituents is 1. The first-order valence-electron chi connectivity index (χ1n) is 7.11. The Kier molecular flexibility index (Phi) is 4.68. The Bertz CT molecular complexity index is 875. The van der Waals surface area contributed by atoms with Crippen LogP contribution in [0, 0.1) is 34.1 Å². The van der Waals surface area contributed by atoms with Crippen LogP contribution in [0.3, 0.4) is 0 Å². The minimum atomic E-state index is -0.901. The third kappa shape index (κ3) is 3.39. The molecule has 1 atom stereocenters. The van der Waals surface area contributed by atoms with Gasteiger partial charge in [-0.3, -0.25) is 29.7 Å². The number of hydrogen-bond donors (Lipinski definition) is 2. The Morgan fingerprint density at radius 3 is 2.40 bits per heavy atom. The molecule has 0 saturated heterocycles. The van der Waals surface area contributed by atoms with Crippen LogP contribution < -0.4 is 5.32 Å². The number of hydrogen-bond acceptors (Lipinski definition) is 7. The number of carbonyl (C=O) groups excluding carboxylic acids is 1. The molecule has 1 amide bonds. The van der Waals surface area contributed by atoms with Crippen molar-refractivity contribution < 1.29 is 19.7 Å². The molecule has 1 aromatic carbocycles. The van der Waals surface area contributed by atoms with E-state index in [1.807, 2.05) is 0 Å². The van der Waals surface area contributed by atoms with Gasteiger partial charge in [-0.25, -0.2) is 0 Å². The third-order valence-corrected chi connectivity index (χ3v) is 3.67. The molecule has 0 radical (unpaired) electrons. The smallest absolute Gasteiger partial charge is 0.312 e. The van der Waals surface area contributed by atoms with E-state index in [1.54, 1.807) is 0 Å². The van der Waals surface area contributed by atoms with Crippen molar-refractivity contribution >= 4 is 23.0 Å². The first-order chi connectivity index (χ1) is 11.6. The van der Waals surface area contributed by atoms with Crippen molar-refractivity contribution in [3.8, 4) is 5.75 Å². The Balaban J connectivity index is 2.26. The lowest BCUT2D eigenvalue weighted by molar-refractivity contribution is -0.386. The predicted molar refractivity (Wildman–Crippen MR) is 86.5 cm³/mol.